The minimum Gasteiger partial charge on any atom is -0.406 e. The lowest BCUT2D eigenvalue weighted by Crippen LogP contribution is -2.16. The van der Waals surface area contributed by atoms with Crippen LogP contribution in [0.5, 0.6) is 5.75 Å². The van der Waals surface area contributed by atoms with E-state index in [9.17, 15) is 13.2 Å². The van der Waals surface area contributed by atoms with Crippen LogP contribution in [0.25, 0.3) is 33.1 Å². The summed E-state index contributed by atoms with van der Waals surface area (Å²) in [6.45, 7) is 0.558. The van der Waals surface area contributed by atoms with Gasteiger partial charge in [0.2, 0.25) is 0 Å². The van der Waals surface area contributed by atoms with Crippen molar-refractivity contribution in [3.63, 3.8) is 0 Å². The van der Waals surface area contributed by atoms with E-state index in [4.69, 9.17) is 5.73 Å². The van der Waals surface area contributed by atoms with E-state index < -0.39 is 6.36 Å². The third-order valence-electron chi connectivity index (χ3n) is 4.98. The number of aromatic nitrogens is 2. The maximum Gasteiger partial charge on any atom is 0.573 e. The number of nitrogens with two attached hydrogens (primary N) is 1. The Bertz CT molecular complexity index is 1200. The lowest BCUT2D eigenvalue weighted by atomic mass is 9.98. The number of fused-ring (bicyclic) bond motifs is 2. The Balaban J connectivity index is 1.91. The molecule has 0 aliphatic heterocycles. The highest BCUT2D eigenvalue weighted by atomic mass is 79.9. The van der Waals surface area contributed by atoms with Crippen LogP contribution in [0.15, 0.2) is 53.1 Å². The lowest BCUT2D eigenvalue weighted by molar-refractivity contribution is -0.274. The van der Waals surface area contributed by atoms with Gasteiger partial charge in [0.15, 0.2) is 0 Å². The first-order valence-electron chi connectivity index (χ1n) is 9.51. The Morgan fingerprint density at radius 2 is 1.90 bits per heavy atom. The summed E-state index contributed by atoms with van der Waals surface area (Å²) in [5.41, 5.74) is 9.88. The topological polar surface area (TPSA) is 63.9 Å². The highest BCUT2D eigenvalue weighted by Gasteiger charge is 2.31. The quantitative estimate of drug-likeness (QED) is 0.319. The molecule has 156 valence electrons. The van der Waals surface area contributed by atoms with Crippen molar-refractivity contribution in [1.29, 1.82) is 0 Å². The SMILES string of the molecule is NCCCCc1c(-c2ccc(Br)c3cccnc23)[nH]c2ccc(OC(F)(F)F)cc12. The molecule has 0 amide bonds. The van der Waals surface area contributed by atoms with Crippen LogP contribution in [0.1, 0.15) is 18.4 Å². The molecule has 2 aromatic carbocycles. The third-order valence-corrected chi connectivity index (χ3v) is 5.67. The molecule has 0 aliphatic carbocycles. The highest BCUT2D eigenvalue weighted by molar-refractivity contribution is 9.10. The lowest BCUT2D eigenvalue weighted by Gasteiger charge is -2.10. The van der Waals surface area contributed by atoms with Gasteiger partial charge >= 0.3 is 6.36 Å². The predicted octanol–water partition coefficient (Wildman–Crippen LogP) is 6.33. The van der Waals surface area contributed by atoms with E-state index in [1.807, 2.05) is 24.3 Å². The van der Waals surface area contributed by atoms with E-state index in [0.717, 1.165) is 50.6 Å². The first-order valence-corrected chi connectivity index (χ1v) is 10.3. The van der Waals surface area contributed by atoms with Crippen molar-refractivity contribution < 1.29 is 17.9 Å². The molecule has 4 nitrogen and oxygen atoms in total. The zero-order valence-electron chi connectivity index (χ0n) is 15.9. The summed E-state index contributed by atoms with van der Waals surface area (Å²) < 4.78 is 43.2. The van der Waals surface area contributed by atoms with Crippen molar-refractivity contribution >= 4 is 37.7 Å². The molecule has 4 rings (SSSR count). The van der Waals surface area contributed by atoms with E-state index in [1.54, 1.807) is 12.3 Å². The average molecular weight is 478 g/mol. The molecule has 0 radical (unpaired) electrons. The van der Waals surface area contributed by atoms with Gasteiger partial charge < -0.3 is 15.5 Å². The number of ether oxygens (including phenoxy) is 1. The van der Waals surface area contributed by atoms with Crippen LogP contribution in [0.4, 0.5) is 13.2 Å². The number of alkyl halides is 3. The minimum absolute atomic E-state index is 0.237. The van der Waals surface area contributed by atoms with Crippen LogP contribution >= 0.6 is 15.9 Å². The molecule has 3 N–H and O–H groups in total. The molecule has 4 aromatic rings. The Labute approximate surface area is 179 Å². The zero-order valence-corrected chi connectivity index (χ0v) is 17.5. The third kappa shape index (κ3) is 4.15. The average Bonchev–Trinajstić information content (AvgIpc) is 3.05. The van der Waals surface area contributed by atoms with Crippen LogP contribution in [0.3, 0.4) is 0 Å². The standard InChI is InChI=1S/C22H19BrF3N3O/c23-18-8-7-16(20-15(18)5-3-11-28-20)21-14(4-1-2-10-27)17-12-13(30-22(24,25)26)6-9-19(17)29-21/h3,5-9,11-12,29H,1-2,4,10,27H2. The number of benzene rings is 2. The largest absolute Gasteiger partial charge is 0.573 e. The molecular formula is C22H19BrF3N3O. The van der Waals surface area contributed by atoms with Gasteiger partial charge in [0.05, 0.1) is 11.2 Å². The summed E-state index contributed by atoms with van der Waals surface area (Å²) >= 11 is 3.56. The molecule has 0 saturated heterocycles. The van der Waals surface area contributed by atoms with E-state index >= 15 is 0 Å². The predicted molar refractivity (Wildman–Crippen MR) is 115 cm³/mol. The maximum absolute atomic E-state index is 12.7. The molecule has 0 atom stereocenters. The van der Waals surface area contributed by atoms with Gasteiger partial charge in [0, 0.05) is 32.5 Å². The van der Waals surface area contributed by atoms with Crippen molar-refractivity contribution in [2.45, 2.75) is 25.6 Å². The number of hydrogen-bond acceptors (Lipinski definition) is 3. The van der Waals surface area contributed by atoms with Crippen molar-refractivity contribution in [2.24, 2.45) is 5.73 Å². The fraction of sp³-hybridized carbons (Fsp3) is 0.227. The number of halogens is 4. The van der Waals surface area contributed by atoms with Crippen LogP contribution in [-0.4, -0.2) is 22.9 Å². The zero-order chi connectivity index (χ0) is 21.3. The van der Waals surface area contributed by atoms with Gasteiger partial charge in [-0.3, -0.25) is 4.98 Å². The van der Waals surface area contributed by atoms with Gasteiger partial charge in [-0.1, -0.05) is 22.0 Å². The number of hydrogen-bond donors (Lipinski definition) is 2. The fourth-order valence-corrected chi connectivity index (χ4v) is 4.15. The van der Waals surface area contributed by atoms with Crippen molar-refractivity contribution in [1.82, 2.24) is 9.97 Å². The number of nitrogens with zero attached hydrogens (tertiary/aromatic N) is 1. The van der Waals surface area contributed by atoms with Crippen molar-refractivity contribution in [3.8, 4) is 17.0 Å². The smallest absolute Gasteiger partial charge is 0.406 e. The van der Waals surface area contributed by atoms with Gasteiger partial charge in [-0.15, -0.1) is 13.2 Å². The van der Waals surface area contributed by atoms with Crippen molar-refractivity contribution in [3.05, 3.63) is 58.7 Å². The first kappa shape index (κ1) is 20.7. The Morgan fingerprint density at radius 3 is 2.67 bits per heavy atom. The minimum atomic E-state index is -4.74. The number of rotatable bonds is 6. The normalized spacial score (nSPS) is 12.0. The van der Waals surface area contributed by atoms with Gasteiger partial charge in [0.25, 0.3) is 0 Å². The summed E-state index contributed by atoms with van der Waals surface area (Å²) in [6.07, 6.45) is -0.693. The Morgan fingerprint density at radius 1 is 1.07 bits per heavy atom. The number of nitrogens with one attached hydrogen (secondary N) is 1. The van der Waals surface area contributed by atoms with E-state index in [-0.39, 0.29) is 5.75 Å². The maximum atomic E-state index is 12.7. The second-order valence-electron chi connectivity index (χ2n) is 6.97. The van der Waals surface area contributed by atoms with Gasteiger partial charge in [0.1, 0.15) is 5.75 Å². The summed E-state index contributed by atoms with van der Waals surface area (Å²) in [7, 11) is 0. The van der Waals surface area contributed by atoms with Crippen LogP contribution in [-0.2, 0) is 6.42 Å². The fourth-order valence-electron chi connectivity index (χ4n) is 3.70. The molecule has 30 heavy (non-hydrogen) atoms. The molecule has 0 bridgehead atoms. The van der Waals surface area contributed by atoms with Gasteiger partial charge in [-0.05, 0) is 67.8 Å². The van der Waals surface area contributed by atoms with Crippen LogP contribution in [0.2, 0.25) is 0 Å². The summed E-state index contributed by atoms with van der Waals surface area (Å²) in [6, 6.07) is 12.1. The van der Waals surface area contributed by atoms with Crippen LogP contribution < -0.4 is 10.5 Å². The van der Waals surface area contributed by atoms with E-state index in [0.29, 0.717) is 18.4 Å². The molecule has 0 saturated carbocycles. The first-order chi connectivity index (χ1) is 14.4. The monoisotopic (exact) mass is 477 g/mol. The van der Waals surface area contributed by atoms with Crippen LogP contribution in [0, 0.1) is 0 Å². The summed E-state index contributed by atoms with van der Waals surface area (Å²) in [4.78, 5) is 7.93. The summed E-state index contributed by atoms with van der Waals surface area (Å²) in [5.74, 6) is -0.237. The number of unbranched alkanes of at least 4 members (excludes halogenated alkanes) is 1. The molecule has 0 spiro atoms. The molecule has 2 heterocycles. The number of aromatic amines is 1. The molecular weight excluding hydrogens is 459 g/mol. The Hall–Kier alpha value is -2.58. The van der Waals surface area contributed by atoms with Gasteiger partial charge in [-0.2, -0.15) is 0 Å². The number of pyridine rings is 1. The molecule has 2 aromatic heterocycles. The molecule has 0 aliphatic rings. The molecule has 8 heteroatoms. The molecule has 0 unspecified atom stereocenters. The highest BCUT2D eigenvalue weighted by Crippen LogP contribution is 2.38. The van der Waals surface area contributed by atoms with E-state index in [1.165, 1.54) is 12.1 Å². The van der Waals surface area contributed by atoms with Gasteiger partial charge in [-0.25, -0.2) is 0 Å². The second kappa shape index (κ2) is 8.28. The second-order valence-corrected chi connectivity index (χ2v) is 7.83. The number of H-pyrrole nitrogens is 1. The Kier molecular flexibility index (Phi) is 5.71. The number of aryl methyl sites for hydroxylation is 1. The van der Waals surface area contributed by atoms with E-state index in [2.05, 4.69) is 30.6 Å². The molecule has 0 fully saturated rings. The summed E-state index contributed by atoms with van der Waals surface area (Å²) in [5, 5.41) is 1.67. The van der Waals surface area contributed by atoms with Crippen molar-refractivity contribution in [2.75, 3.05) is 6.54 Å².